The lowest BCUT2D eigenvalue weighted by molar-refractivity contribution is 1.48. The Hall–Kier alpha value is -0.920. The monoisotopic (exact) mass is 126 g/mol. The fourth-order valence-corrected chi connectivity index (χ4v) is 0.166. The molecule has 0 amide bonds. The molecule has 0 saturated carbocycles. The summed E-state index contributed by atoms with van der Waals surface area (Å²) in [6.45, 7) is 7.37. The molecule has 0 aliphatic heterocycles. The van der Waals surface area contributed by atoms with Crippen molar-refractivity contribution in [3.63, 3.8) is 0 Å². The van der Waals surface area contributed by atoms with E-state index in [1.165, 1.54) is 6.20 Å². The molecule has 0 rings (SSSR count). The molecule has 0 fully saturated rings. The molecule has 0 heterocycles. The van der Waals surface area contributed by atoms with E-state index in [2.05, 4.69) is 16.6 Å². The zero-order chi connectivity index (χ0) is 7.54. The Morgan fingerprint density at radius 1 is 1.22 bits per heavy atom. The summed E-state index contributed by atoms with van der Waals surface area (Å²) in [4.78, 5) is 7.30. The first-order chi connectivity index (χ1) is 4.41. The smallest absolute Gasteiger partial charge is 0.0446 e. The second-order valence-corrected chi connectivity index (χ2v) is 0.888. The van der Waals surface area contributed by atoms with Crippen LogP contribution in [0.15, 0.2) is 22.8 Å². The Bertz CT molecular complexity index is 93.1. The summed E-state index contributed by atoms with van der Waals surface area (Å²) < 4.78 is 0. The number of nitrogens with zero attached hydrogens (tertiary/aromatic N) is 2. The van der Waals surface area contributed by atoms with Crippen molar-refractivity contribution in [2.75, 3.05) is 7.05 Å². The molecule has 0 unspecified atom stereocenters. The van der Waals surface area contributed by atoms with Gasteiger partial charge in [0.05, 0.1) is 0 Å². The lowest BCUT2D eigenvalue weighted by Gasteiger charge is -1.66. The molecule has 52 valence electrons. The lowest BCUT2D eigenvalue weighted by Crippen LogP contribution is -1.69. The van der Waals surface area contributed by atoms with Gasteiger partial charge in [-0.3, -0.25) is 9.98 Å². The largest absolute Gasteiger partial charge is 0.295 e. The molecule has 0 spiro atoms. The van der Waals surface area contributed by atoms with Crippen molar-refractivity contribution in [3.8, 4) is 0 Å². The molecule has 9 heavy (non-hydrogen) atoms. The van der Waals surface area contributed by atoms with E-state index in [9.17, 15) is 0 Å². The first-order valence-electron chi connectivity index (χ1n) is 2.96. The van der Waals surface area contributed by atoms with Crippen LogP contribution in [0.5, 0.6) is 0 Å². The normalized spacial score (nSPS) is 9.22. The van der Waals surface area contributed by atoms with Crippen molar-refractivity contribution in [2.45, 2.75) is 13.8 Å². The van der Waals surface area contributed by atoms with Crippen LogP contribution < -0.4 is 0 Å². The molecule has 0 N–H and O–H groups in total. The number of rotatable bonds is 2. The maximum absolute atomic E-state index is 3.65. The average molecular weight is 126 g/mol. The van der Waals surface area contributed by atoms with Crippen molar-refractivity contribution >= 4 is 12.4 Å². The van der Waals surface area contributed by atoms with Gasteiger partial charge in [-0.1, -0.05) is 20.4 Å². The molecule has 0 aromatic heterocycles. The summed E-state index contributed by atoms with van der Waals surface area (Å²) in [5.41, 5.74) is 0. The highest BCUT2D eigenvalue weighted by Crippen LogP contribution is 1.58. The zero-order valence-electron chi connectivity index (χ0n) is 6.33. The Labute approximate surface area is 57.0 Å². The Morgan fingerprint density at radius 2 is 1.78 bits per heavy atom. The minimum atomic E-state index is 1.46. The maximum atomic E-state index is 3.65. The first-order valence-corrected chi connectivity index (χ1v) is 2.96. The lowest BCUT2D eigenvalue weighted by atomic mass is 10.8. The molecule has 0 radical (unpaired) electrons. The van der Waals surface area contributed by atoms with Gasteiger partial charge in [0.15, 0.2) is 0 Å². The number of hydrogen-bond donors (Lipinski definition) is 0. The van der Waals surface area contributed by atoms with E-state index in [0.717, 1.165) is 0 Å². The summed E-state index contributed by atoms with van der Waals surface area (Å²) in [5, 5.41) is 0. The Kier molecular flexibility index (Phi) is 19.1. The van der Waals surface area contributed by atoms with E-state index in [1.807, 2.05) is 13.8 Å². The molecule has 0 bridgehead atoms. The van der Waals surface area contributed by atoms with E-state index in [-0.39, 0.29) is 0 Å². The predicted octanol–water partition coefficient (Wildman–Crippen LogP) is 1.93. The van der Waals surface area contributed by atoms with E-state index >= 15 is 0 Å². The summed E-state index contributed by atoms with van der Waals surface area (Å²) in [6.07, 6.45) is 4.64. The van der Waals surface area contributed by atoms with Crippen molar-refractivity contribution in [1.82, 2.24) is 0 Å². The highest BCUT2D eigenvalue weighted by molar-refractivity contribution is 6.16. The SMILES string of the molecule is C=CN=CC=NC.CC. The van der Waals surface area contributed by atoms with Gasteiger partial charge in [-0.15, -0.1) is 0 Å². The fraction of sp³-hybridized carbons (Fsp3) is 0.429. The van der Waals surface area contributed by atoms with Crippen LogP contribution in [0.4, 0.5) is 0 Å². The van der Waals surface area contributed by atoms with E-state index in [4.69, 9.17) is 0 Å². The summed E-state index contributed by atoms with van der Waals surface area (Å²) in [5.74, 6) is 0. The van der Waals surface area contributed by atoms with Crippen LogP contribution in [0.25, 0.3) is 0 Å². The predicted molar refractivity (Wildman–Crippen MR) is 44.5 cm³/mol. The van der Waals surface area contributed by atoms with Gasteiger partial charge >= 0.3 is 0 Å². The van der Waals surface area contributed by atoms with Crippen LogP contribution in [0, 0.1) is 0 Å². The van der Waals surface area contributed by atoms with Crippen LogP contribution in [0.1, 0.15) is 13.8 Å². The topological polar surface area (TPSA) is 24.7 Å². The van der Waals surface area contributed by atoms with Gasteiger partial charge in [-0.2, -0.15) is 0 Å². The summed E-state index contributed by atoms with van der Waals surface area (Å²) in [6, 6.07) is 0. The molecule has 2 heteroatoms. The minimum absolute atomic E-state index is 1.46. The second-order valence-electron chi connectivity index (χ2n) is 0.888. The average Bonchev–Trinajstić information content (AvgIpc) is 1.94. The number of hydrogen-bond acceptors (Lipinski definition) is 2. The highest BCUT2D eigenvalue weighted by atomic mass is 14.7. The van der Waals surface area contributed by atoms with Crippen molar-refractivity contribution in [1.29, 1.82) is 0 Å². The Morgan fingerprint density at radius 3 is 2.11 bits per heavy atom. The molecule has 0 aromatic rings. The second kappa shape index (κ2) is 15.7. The Balaban J connectivity index is 0. The van der Waals surface area contributed by atoms with E-state index in [0.29, 0.717) is 0 Å². The molecule has 2 nitrogen and oxygen atoms in total. The van der Waals surface area contributed by atoms with E-state index < -0.39 is 0 Å². The van der Waals surface area contributed by atoms with Gasteiger partial charge in [0.25, 0.3) is 0 Å². The van der Waals surface area contributed by atoms with Gasteiger partial charge in [-0.25, -0.2) is 0 Å². The van der Waals surface area contributed by atoms with Gasteiger partial charge < -0.3 is 0 Å². The van der Waals surface area contributed by atoms with E-state index in [1.54, 1.807) is 19.5 Å². The van der Waals surface area contributed by atoms with Crippen LogP contribution in [0.2, 0.25) is 0 Å². The van der Waals surface area contributed by atoms with Gasteiger partial charge in [0.1, 0.15) is 0 Å². The molecular formula is C7H14N2. The van der Waals surface area contributed by atoms with Crippen molar-refractivity contribution in [2.24, 2.45) is 9.98 Å². The minimum Gasteiger partial charge on any atom is -0.295 e. The van der Waals surface area contributed by atoms with Crippen LogP contribution in [-0.2, 0) is 0 Å². The quantitative estimate of drug-likeness (QED) is 0.505. The molecule has 0 aromatic carbocycles. The van der Waals surface area contributed by atoms with Crippen molar-refractivity contribution in [3.05, 3.63) is 12.8 Å². The standard InChI is InChI=1S/C5H8N2.C2H6/c1-3-7-5-4-6-2;1-2/h3-5H,1H2,2H3;1-2H3. The maximum Gasteiger partial charge on any atom is 0.0446 e. The molecule has 0 saturated heterocycles. The molecule has 0 aliphatic carbocycles. The van der Waals surface area contributed by atoms with Crippen LogP contribution >= 0.6 is 0 Å². The summed E-state index contributed by atoms with van der Waals surface area (Å²) in [7, 11) is 1.69. The third-order valence-electron chi connectivity index (χ3n) is 0.407. The van der Waals surface area contributed by atoms with Gasteiger partial charge in [-0.05, 0) is 0 Å². The van der Waals surface area contributed by atoms with Gasteiger partial charge in [0.2, 0.25) is 0 Å². The number of aliphatic imine (C=N–C) groups is 2. The van der Waals surface area contributed by atoms with Crippen LogP contribution in [-0.4, -0.2) is 19.5 Å². The highest BCUT2D eigenvalue weighted by Gasteiger charge is 1.53. The van der Waals surface area contributed by atoms with Crippen LogP contribution in [0.3, 0.4) is 0 Å². The fourth-order valence-electron chi connectivity index (χ4n) is 0.166. The molecule has 0 atom stereocenters. The van der Waals surface area contributed by atoms with Gasteiger partial charge in [0, 0.05) is 25.7 Å². The molecule has 0 aliphatic rings. The van der Waals surface area contributed by atoms with Crippen molar-refractivity contribution < 1.29 is 0 Å². The third kappa shape index (κ3) is 19.3. The third-order valence-corrected chi connectivity index (χ3v) is 0.407. The first kappa shape index (κ1) is 11.0. The molecular weight excluding hydrogens is 112 g/mol. The zero-order valence-corrected chi connectivity index (χ0v) is 6.33. The summed E-state index contributed by atoms with van der Waals surface area (Å²) >= 11 is 0.